The quantitative estimate of drug-likeness (QED) is 0.772. The van der Waals surface area contributed by atoms with Gasteiger partial charge < -0.3 is 15.8 Å². The summed E-state index contributed by atoms with van der Waals surface area (Å²) in [6.45, 7) is 3.54. The Bertz CT molecular complexity index is 391. The molecule has 0 radical (unpaired) electrons. The molecule has 2 rings (SSSR count). The first-order chi connectivity index (χ1) is 9.31. The molecule has 19 heavy (non-hydrogen) atoms. The van der Waals surface area contributed by atoms with Crippen molar-refractivity contribution in [2.24, 2.45) is 0 Å². The number of nitrogen functional groups attached to an aromatic ring is 1. The van der Waals surface area contributed by atoms with E-state index < -0.39 is 0 Å². The van der Waals surface area contributed by atoms with E-state index in [4.69, 9.17) is 10.5 Å². The van der Waals surface area contributed by atoms with Crippen molar-refractivity contribution in [2.45, 2.75) is 51.6 Å². The zero-order chi connectivity index (χ0) is 13.5. The Morgan fingerprint density at radius 2 is 2.11 bits per heavy atom. The predicted molar refractivity (Wildman–Crippen MR) is 77.1 cm³/mol. The third kappa shape index (κ3) is 4.06. The Morgan fingerprint density at radius 3 is 2.84 bits per heavy atom. The van der Waals surface area contributed by atoms with Crippen LogP contribution in [0.3, 0.4) is 0 Å². The fraction of sp³-hybridized carbons (Fsp3) is 0.714. The van der Waals surface area contributed by atoms with E-state index >= 15 is 0 Å². The highest BCUT2D eigenvalue weighted by Crippen LogP contribution is 2.20. The van der Waals surface area contributed by atoms with Gasteiger partial charge in [0, 0.05) is 12.1 Å². The number of hydrogen-bond donors (Lipinski definition) is 2. The smallest absolute Gasteiger partial charge is 0.134 e. The summed E-state index contributed by atoms with van der Waals surface area (Å²) in [6.07, 6.45) is 9.18. The van der Waals surface area contributed by atoms with Crippen molar-refractivity contribution in [1.29, 1.82) is 0 Å². The maximum absolute atomic E-state index is 5.87. The first-order valence-corrected chi connectivity index (χ1v) is 7.26. The molecule has 1 aromatic rings. The summed E-state index contributed by atoms with van der Waals surface area (Å²) in [5.74, 6) is 1.40. The molecule has 0 spiro atoms. The second-order valence-corrected chi connectivity index (χ2v) is 5.00. The van der Waals surface area contributed by atoms with E-state index in [1.54, 1.807) is 0 Å². The number of nitrogens with two attached hydrogens (primary N) is 1. The van der Waals surface area contributed by atoms with Crippen molar-refractivity contribution >= 4 is 11.6 Å². The van der Waals surface area contributed by atoms with E-state index in [1.165, 1.54) is 38.4 Å². The number of anilines is 2. The molecule has 0 unspecified atom stereocenters. The molecule has 5 heteroatoms. The largest absolute Gasteiger partial charge is 0.383 e. The number of rotatable bonds is 6. The Hall–Kier alpha value is -1.36. The average molecular weight is 264 g/mol. The van der Waals surface area contributed by atoms with Gasteiger partial charge in [-0.3, -0.25) is 0 Å². The Morgan fingerprint density at radius 1 is 1.32 bits per heavy atom. The molecule has 0 amide bonds. The predicted octanol–water partition coefficient (Wildman–Crippen LogP) is 2.38. The van der Waals surface area contributed by atoms with Crippen LogP contribution in [-0.2, 0) is 11.2 Å². The van der Waals surface area contributed by atoms with Gasteiger partial charge in [0.05, 0.1) is 12.7 Å². The lowest BCUT2D eigenvalue weighted by atomic mass is 9.98. The molecular weight excluding hydrogens is 240 g/mol. The number of hydrogen-bond acceptors (Lipinski definition) is 5. The molecule has 0 atom stereocenters. The van der Waals surface area contributed by atoms with Crippen molar-refractivity contribution < 1.29 is 4.74 Å². The van der Waals surface area contributed by atoms with E-state index in [1.807, 2.05) is 0 Å². The van der Waals surface area contributed by atoms with E-state index in [9.17, 15) is 0 Å². The van der Waals surface area contributed by atoms with Gasteiger partial charge in [0.15, 0.2) is 0 Å². The van der Waals surface area contributed by atoms with Gasteiger partial charge in [0.25, 0.3) is 0 Å². The zero-order valence-corrected chi connectivity index (χ0v) is 11.7. The van der Waals surface area contributed by atoms with Gasteiger partial charge >= 0.3 is 0 Å². The van der Waals surface area contributed by atoms with Crippen molar-refractivity contribution in [3.63, 3.8) is 0 Å². The van der Waals surface area contributed by atoms with Crippen LogP contribution in [0.2, 0.25) is 0 Å². The summed E-state index contributed by atoms with van der Waals surface area (Å²) < 4.78 is 5.87. The molecule has 1 aromatic heterocycles. The summed E-state index contributed by atoms with van der Waals surface area (Å²) in [5.41, 5.74) is 6.82. The lowest BCUT2D eigenvalue weighted by Gasteiger charge is -2.22. The third-order valence-corrected chi connectivity index (χ3v) is 3.63. The van der Waals surface area contributed by atoms with Crippen LogP contribution in [0.4, 0.5) is 11.6 Å². The van der Waals surface area contributed by atoms with Crippen LogP contribution in [0, 0.1) is 0 Å². The molecule has 1 aliphatic carbocycles. The SMILES string of the molecule is CCc1c(N)ncnc1NCCOC1CCCCC1. The number of ether oxygens (including phenoxy) is 1. The minimum absolute atomic E-state index is 0.455. The maximum Gasteiger partial charge on any atom is 0.134 e. The van der Waals surface area contributed by atoms with Crippen molar-refractivity contribution in [2.75, 3.05) is 24.2 Å². The fourth-order valence-electron chi connectivity index (χ4n) is 2.55. The van der Waals surface area contributed by atoms with Gasteiger partial charge in [0.1, 0.15) is 18.0 Å². The minimum Gasteiger partial charge on any atom is -0.383 e. The molecule has 3 N–H and O–H groups in total. The number of nitrogens with one attached hydrogen (secondary N) is 1. The van der Waals surface area contributed by atoms with Crippen LogP contribution in [0.15, 0.2) is 6.33 Å². The van der Waals surface area contributed by atoms with Crippen LogP contribution in [0.1, 0.15) is 44.6 Å². The average Bonchev–Trinajstić information content (AvgIpc) is 2.45. The number of aromatic nitrogens is 2. The minimum atomic E-state index is 0.455. The second-order valence-electron chi connectivity index (χ2n) is 5.00. The summed E-state index contributed by atoms with van der Waals surface area (Å²) >= 11 is 0. The lowest BCUT2D eigenvalue weighted by molar-refractivity contribution is 0.0347. The van der Waals surface area contributed by atoms with E-state index in [0.717, 1.165) is 31.0 Å². The summed E-state index contributed by atoms with van der Waals surface area (Å²) in [7, 11) is 0. The van der Waals surface area contributed by atoms with Crippen molar-refractivity contribution in [3.8, 4) is 0 Å². The molecule has 0 aliphatic heterocycles. The molecule has 1 heterocycles. The first kappa shape index (κ1) is 14.1. The van der Waals surface area contributed by atoms with Crippen LogP contribution in [-0.4, -0.2) is 29.2 Å². The number of nitrogens with zero attached hydrogens (tertiary/aromatic N) is 2. The molecular formula is C14H24N4O. The molecule has 0 bridgehead atoms. The third-order valence-electron chi connectivity index (χ3n) is 3.63. The van der Waals surface area contributed by atoms with E-state index in [0.29, 0.717) is 11.9 Å². The van der Waals surface area contributed by atoms with Crippen LogP contribution >= 0.6 is 0 Å². The molecule has 1 fully saturated rings. The van der Waals surface area contributed by atoms with Crippen molar-refractivity contribution in [3.05, 3.63) is 11.9 Å². The summed E-state index contributed by atoms with van der Waals surface area (Å²) in [5, 5.41) is 3.29. The monoisotopic (exact) mass is 264 g/mol. The second kappa shape index (κ2) is 7.28. The Kier molecular flexibility index (Phi) is 5.39. The van der Waals surface area contributed by atoms with Gasteiger partial charge in [-0.15, -0.1) is 0 Å². The van der Waals surface area contributed by atoms with E-state index in [-0.39, 0.29) is 0 Å². The van der Waals surface area contributed by atoms with Crippen molar-refractivity contribution in [1.82, 2.24) is 9.97 Å². The highest BCUT2D eigenvalue weighted by molar-refractivity contribution is 5.54. The van der Waals surface area contributed by atoms with Gasteiger partial charge in [0.2, 0.25) is 0 Å². The van der Waals surface area contributed by atoms with Gasteiger partial charge in [-0.05, 0) is 19.3 Å². The molecule has 106 valence electrons. The van der Waals surface area contributed by atoms with Gasteiger partial charge in [-0.2, -0.15) is 0 Å². The highest BCUT2D eigenvalue weighted by atomic mass is 16.5. The molecule has 5 nitrogen and oxygen atoms in total. The molecule has 1 saturated carbocycles. The lowest BCUT2D eigenvalue weighted by Crippen LogP contribution is -2.21. The molecule has 0 aromatic carbocycles. The fourth-order valence-corrected chi connectivity index (χ4v) is 2.55. The normalized spacial score (nSPS) is 16.5. The van der Waals surface area contributed by atoms with Gasteiger partial charge in [-0.25, -0.2) is 9.97 Å². The molecule has 1 aliphatic rings. The van der Waals surface area contributed by atoms with Crippen LogP contribution in [0.5, 0.6) is 0 Å². The van der Waals surface area contributed by atoms with Crippen LogP contribution < -0.4 is 11.1 Å². The zero-order valence-electron chi connectivity index (χ0n) is 11.7. The van der Waals surface area contributed by atoms with E-state index in [2.05, 4.69) is 22.2 Å². The highest BCUT2D eigenvalue weighted by Gasteiger charge is 2.13. The van der Waals surface area contributed by atoms with Crippen LogP contribution in [0.25, 0.3) is 0 Å². The standard InChI is InChI=1S/C14H24N4O/c1-2-12-13(15)17-10-18-14(12)16-8-9-19-11-6-4-3-5-7-11/h10-11H,2-9H2,1H3,(H3,15,16,17,18). The first-order valence-electron chi connectivity index (χ1n) is 7.26. The Balaban J connectivity index is 1.74. The Labute approximate surface area is 115 Å². The topological polar surface area (TPSA) is 73.1 Å². The summed E-state index contributed by atoms with van der Waals surface area (Å²) in [4.78, 5) is 8.24. The van der Waals surface area contributed by atoms with Gasteiger partial charge in [-0.1, -0.05) is 26.2 Å². The molecule has 0 saturated heterocycles. The summed E-state index contributed by atoms with van der Waals surface area (Å²) in [6, 6.07) is 0. The maximum atomic E-state index is 5.87.